The summed E-state index contributed by atoms with van der Waals surface area (Å²) < 4.78 is 0. The molecule has 0 saturated heterocycles. The van der Waals surface area contributed by atoms with Crippen molar-refractivity contribution in [3.63, 3.8) is 0 Å². The van der Waals surface area contributed by atoms with Crippen LogP contribution in [0.5, 0.6) is 0 Å². The fourth-order valence-electron chi connectivity index (χ4n) is 1.45. The van der Waals surface area contributed by atoms with E-state index in [1.807, 2.05) is 0 Å². The Morgan fingerprint density at radius 3 is 2.55 bits per heavy atom. The summed E-state index contributed by atoms with van der Waals surface area (Å²) >= 11 is 0. The Hall–Kier alpha value is -0.520. The van der Waals surface area contributed by atoms with E-state index in [2.05, 4.69) is 32.1 Å². The average Bonchev–Trinajstić information content (AvgIpc) is 1.85. The molecule has 0 aromatic heterocycles. The maximum Gasteiger partial charge on any atom is -0.0276 e. The van der Waals surface area contributed by atoms with Crippen LogP contribution < -0.4 is 0 Å². The van der Waals surface area contributed by atoms with Crippen LogP contribution in [0.25, 0.3) is 0 Å². The number of rotatable bonds is 5. The highest BCUT2D eigenvalue weighted by Gasteiger charge is 2.03. The van der Waals surface area contributed by atoms with Crippen molar-refractivity contribution < 1.29 is 0 Å². The van der Waals surface area contributed by atoms with E-state index in [0.717, 1.165) is 5.92 Å². The molecule has 0 radical (unpaired) electrons. The van der Waals surface area contributed by atoms with Gasteiger partial charge in [-0.25, -0.2) is 0 Å². The predicted molar refractivity (Wildman–Crippen MR) is 50.5 cm³/mol. The standard InChI is InChI=1S/C11H18/c1-3-5-10(2)8-9-11-6-4-7-11/h4,6-7,10H,3,5,8-9H2,1-2H3. The number of allylic oxidation sites excluding steroid dienone is 4. The van der Waals surface area contributed by atoms with E-state index in [1.165, 1.54) is 31.3 Å². The third-order valence-corrected chi connectivity index (χ3v) is 2.33. The molecule has 0 bridgehead atoms. The lowest BCUT2D eigenvalue weighted by Gasteiger charge is -2.11. The van der Waals surface area contributed by atoms with Gasteiger partial charge in [0.1, 0.15) is 0 Å². The highest BCUT2D eigenvalue weighted by Crippen LogP contribution is 2.20. The quantitative estimate of drug-likeness (QED) is 0.560. The normalized spacial score (nSPS) is 17.5. The molecule has 0 nitrogen and oxygen atoms in total. The molecule has 0 amide bonds. The van der Waals surface area contributed by atoms with Gasteiger partial charge in [0.25, 0.3) is 0 Å². The summed E-state index contributed by atoms with van der Waals surface area (Å²) in [4.78, 5) is 0. The van der Waals surface area contributed by atoms with Gasteiger partial charge in [0.15, 0.2) is 0 Å². The largest absolute Gasteiger partial charge is 0.0654 e. The van der Waals surface area contributed by atoms with Crippen molar-refractivity contribution in [2.45, 2.75) is 39.5 Å². The van der Waals surface area contributed by atoms with Gasteiger partial charge in [-0.2, -0.15) is 0 Å². The van der Waals surface area contributed by atoms with Crippen molar-refractivity contribution in [2.24, 2.45) is 5.92 Å². The molecule has 0 heterocycles. The van der Waals surface area contributed by atoms with Crippen LogP contribution in [0, 0.1) is 5.92 Å². The van der Waals surface area contributed by atoms with Crippen LogP contribution in [0.3, 0.4) is 0 Å². The molecule has 0 heteroatoms. The summed E-state index contributed by atoms with van der Waals surface area (Å²) in [6.45, 7) is 4.62. The zero-order chi connectivity index (χ0) is 8.10. The maximum absolute atomic E-state index is 2.35. The van der Waals surface area contributed by atoms with Gasteiger partial charge in [0.05, 0.1) is 0 Å². The first-order valence-electron chi connectivity index (χ1n) is 4.70. The van der Waals surface area contributed by atoms with E-state index in [4.69, 9.17) is 0 Å². The van der Waals surface area contributed by atoms with Gasteiger partial charge in [-0.1, -0.05) is 44.9 Å². The highest BCUT2D eigenvalue weighted by atomic mass is 14.1. The minimum Gasteiger partial charge on any atom is -0.0654 e. The van der Waals surface area contributed by atoms with Crippen molar-refractivity contribution in [3.05, 3.63) is 23.8 Å². The molecule has 0 N–H and O–H groups in total. The van der Waals surface area contributed by atoms with Gasteiger partial charge in [-0.15, -0.1) is 0 Å². The molecular formula is C11H18. The fraction of sp³-hybridized carbons (Fsp3) is 0.636. The minimum atomic E-state index is 0.912. The van der Waals surface area contributed by atoms with E-state index in [0.29, 0.717) is 0 Å². The second-order valence-corrected chi connectivity index (χ2v) is 3.53. The van der Waals surface area contributed by atoms with Crippen molar-refractivity contribution >= 4 is 0 Å². The highest BCUT2D eigenvalue weighted by molar-refractivity contribution is 5.34. The fourth-order valence-corrected chi connectivity index (χ4v) is 1.45. The third kappa shape index (κ3) is 2.92. The Labute approximate surface area is 70.0 Å². The molecule has 1 atom stereocenters. The monoisotopic (exact) mass is 150 g/mol. The lowest BCUT2D eigenvalue weighted by Crippen LogP contribution is -1.95. The maximum atomic E-state index is 2.35. The van der Waals surface area contributed by atoms with Gasteiger partial charge < -0.3 is 0 Å². The molecule has 1 aliphatic rings. The Morgan fingerprint density at radius 1 is 1.36 bits per heavy atom. The molecule has 62 valence electrons. The smallest absolute Gasteiger partial charge is 0.0276 e. The summed E-state index contributed by atoms with van der Waals surface area (Å²) in [5.74, 6) is 0.912. The molecule has 1 unspecified atom stereocenters. The first-order chi connectivity index (χ1) is 5.33. The van der Waals surface area contributed by atoms with Crippen LogP contribution in [-0.4, -0.2) is 0 Å². The first kappa shape index (κ1) is 8.58. The van der Waals surface area contributed by atoms with Crippen LogP contribution in [0.1, 0.15) is 39.5 Å². The van der Waals surface area contributed by atoms with Gasteiger partial charge in [0, 0.05) is 0 Å². The minimum absolute atomic E-state index is 0.912. The van der Waals surface area contributed by atoms with E-state index >= 15 is 0 Å². The Kier molecular flexibility index (Phi) is 3.41. The summed E-state index contributed by atoms with van der Waals surface area (Å²) in [7, 11) is 0. The van der Waals surface area contributed by atoms with E-state index in [1.54, 1.807) is 0 Å². The first-order valence-corrected chi connectivity index (χ1v) is 4.70. The van der Waals surface area contributed by atoms with Gasteiger partial charge in [-0.3, -0.25) is 0 Å². The summed E-state index contributed by atoms with van der Waals surface area (Å²) in [6, 6.07) is 0. The lowest BCUT2D eigenvalue weighted by molar-refractivity contribution is 0.487. The molecule has 1 rings (SSSR count). The van der Waals surface area contributed by atoms with E-state index in [9.17, 15) is 0 Å². The third-order valence-electron chi connectivity index (χ3n) is 2.33. The zero-order valence-electron chi connectivity index (χ0n) is 7.64. The molecule has 0 spiro atoms. The van der Waals surface area contributed by atoms with Crippen LogP contribution in [0.15, 0.2) is 23.8 Å². The van der Waals surface area contributed by atoms with E-state index < -0.39 is 0 Å². The average molecular weight is 150 g/mol. The van der Waals surface area contributed by atoms with Crippen LogP contribution in [0.2, 0.25) is 0 Å². The van der Waals surface area contributed by atoms with Crippen LogP contribution in [0.4, 0.5) is 0 Å². The van der Waals surface area contributed by atoms with Crippen molar-refractivity contribution in [1.29, 1.82) is 0 Å². The second-order valence-electron chi connectivity index (χ2n) is 3.53. The summed E-state index contributed by atoms with van der Waals surface area (Å²) in [5, 5.41) is 0. The van der Waals surface area contributed by atoms with Gasteiger partial charge in [0.2, 0.25) is 0 Å². The van der Waals surface area contributed by atoms with Crippen LogP contribution in [-0.2, 0) is 0 Å². The van der Waals surface area contributed by atoms with Gasteiger partial charge in [-0.05, 0) is 24.3 Å². The lowest BCUT2D eigenvalue weighted by atomic mass is 9.94. The van der Waals surface area contributed by atoms with Gasteiger partial charge >= 0.3 is 0 Å². The van der Waals surface area contributed by atoms with Crippen molar-refractivity contribution in [2.75, 3.05) is 0 Å². The molecular weight excluding hydrogens is 132 g/mol. The molecule has 0 aromatic rings. The SMILES string of the molecule is CCCC(C)CCC1=CC=C1. The van der Waals surface area contributed by atoms with Crippen molar-refractivity contribution in [3.8, 4) is 0 Å². The molecule has 0 saturated carbocycles. The van der Waals surface area contributed by atoms with E-state index in [-0.39, 0.29) is 0 Å². The topological polar surface area (TPSA) is 0 Å². The number of hydrogen-bond acceptors (Lipinski definition) is 0. The Morgan fingerprint density at radius 2 is 2.09 bits per heavy atom. The zero-order valence-corrected chi connectivity index (χ0v) is 7.64. The molecule has 11 heavy (non-hydrogen) atoms. The molecule has 0 fully saturated rings. The number of hydrogen-bond donors (Lipinski definition) is 0. The van der Waals surface area contributed by atoms with Crippen molar-refractivity contribution in [1.82, 2.24) is 0 Å². The second kappa shape index (κ2) is 4.38. The predicted octanol–water partition coefficient (Wildman–Crippen LogP) is 3.70. The Balaban J connectivity index is 2.01. The molecule has 0 aliphatic heterocycles. The molecule has 1 aliphatic carbocycles. The summed E-state index contributed by atoms with van der Waals surface area (Å²) in [6.07, 6.45) is 11.9. The van der Waals surface area contributed by atoms with Crippen LogP contribution >= 0.6 is 0 Å². The summed E-state index contributed by atoms with van der Waals surface area (Å²) in [5.41, 5.74) is 1.54. The molecule has 0 aromatic carbocycles. The Bertz CT molecular complexity index is 163.